The van der Waals surface area contributed by atoms with Crippen molar-refractivity contribution in [3.8, 4) is 5.75 Å². The van der Waals surface area contributed by atoms with Crippen molar-refractivity contribution in [3.05, 3.63) is 64.7 Å². The highest BCUT2D eigenvalue weighted by molar-refractivity contribution is 5.87. The number of rotatable bonds is 6. The predicted molar refractivity (Wildman–Crippen MR) is 129 cm³/mol. The van der Waals surface area contributed by atoms with E-state index in [1.165, 1.54) is 23.3 Å². The zero-order valence-electron chi connectivity index (χ0n) is 20.2. The van der Waals surface area contributed by atoms with Gasteiger partial charge in [0.15, 0.2) is 0 Å². The molecular weight excluding hydrogens is 448 g/mol. The van der Waals surface area contributed by atoms with Gasteiger partial charge in [-0.2, -0.15) is 0 Å². The van der Waals surface area contributed by atoms with Crippen LogP contribution in [-0.2, 0) is 22.6 Å². The van der Waals surface area contributed by atoms with Gasteiger partial charge in [0, 0.05) is 36.4 Å². The van der Waals surface area contributed by atoms with Gasteiger partial charge in [0.1, 0.15) is 23.2 Å². The van der Waals surface area contributed by atoms with E-state index in [4.69, 9.17) is 0 Å². The molecular formula is C29H33F2NO3. The Balaban J connectivity index is 1.21. The molecule has 2 aromatic rings. The number of fused-ring (bicyclic) bond motifs is 5. The third-order valence-electron chi connectivity index (χ3n) is 9.02. The number of aryl methyl sites for hydroxylation is 1. The fourth-order valence-electron chi connectivity index (χ4n) is 7.37. The average molecular weight is 482 g/mol. The van der Waals surface area contributed by atoms with Gasteiger partial charge < -0.3 is 10.4 Å². The van der Waals surface area contributed by atoms with Crippen molar-refractivity contribution < 1.29 is 23.5 Å². The average Bonchev–Trinajstić information content (AvgIpc) is 3.08. The highest BCUT2D eigenvalue weighted by atomic mass is 19.1. The number of hydrogen-bond acceptors (Lipinski definition) is 3. The van der Waals surface area contributed by atoms with Gasteiger partial charge in [0.05, 0.1) is 0 Å². The van der Waals surface area contributed by atoms with E-state index >= 15 is 0 Å². The monoisotopic (exact) mass is 481 g/mol. The number of ketones is 1. The molecule has 0 spiro atoms. The van der Waals surface area contributed by atoms with Crippen LogP contribution in [-0.4, -0.2) is 16.8 Å². The first-order valence-corrected chi connectivity index (χ1v) is 12.8. The number of carbonyl (C=O) groups excluding carboxylic acids is 2. The van der Waals surface area contributed by atoms with Crippen LogP contribution >= 0.6 is 0 Å². The van der Waals surface area contributed by atoms with Crippen LogP contribution in [0.2, 0.25) is 0 Å². The Morgan fingerprint density at radius 3 is 2.80 bits per heavy atom. The number of carbonyl (C=O) groups is 2. The number of nitrogens with one attached hydrogen (secondary N) is 1. The second-order valence-corrected chi connectivity index (χ2v) is 11.0. The first-order valence-electron chi connectivity index (χ1n) is 12.8. The van der Waals surface area contributed by atoms with Crippen LogP contribution in [0.4, 0.5) is 8.78 Å². The standard InChI is InChI=1S/C29H33F2NO3/c1-29-12-11-23-22-10-8-21(33)13-17(22)6-9-24(23)28(29)18(14-26(29)34)3-2-4-27(35)32-16-19-5-7-20(30)15-25(19)31/h5,7-8,10,13,15,18,23-24,28,33H,2-4,6,9,11-12,14,16H2,1H3,(H,32,35)/t18-,23?,24?,28?,29-/m1/s1. The summed E-state index contributed by atoms with van der Waals surface area (Å²) < 4.78 is 26.9. The first kappa shape index (κ1) is 24.0. The van der Waals surface area contributed by atoms with Gasteiger partial charge in [-0.15, -0.1) is 0 Å². The van der Waals surface area contributed by atoms with Gasteiger partial charge in [-0.1, -0.05) is 19.1 Å². The summed E-state index contributed by atoms with van der Waals surface area (Å²) in [6, 6.07) is 9.10. The number of aromatic hydroxyl groups is 1. The SMILES string of the molecule is C[C@]12CCC3c4ccc(O)cc4CCC3C1[C@H](CCCC(=O)NCc1ccc(F)cc1F)CC2=O. The summed E-state index contributed by atoms with van der Waals surface area (Å²) in [5.74, 6) is 0.723. The molecule has 0 bridgehead atoms. The van der Waals surface area contributed by atoms with Crippen molar-refractivity contribution in [3.63, 3.8) is 0 Å². The fraction of sp³-hybridized carbons (Fsp3) is 0.517. The third-order valence-corrected chi connectivity index (χ3v) is 9.02. The van der Waals surface area contributed by atoms with Crippen LogP contribution in [0.3, 0.4) is 0 Å². The number of Topliss-reactive ketones (excluding diaryl/α,β-unsaturated/α-hetero) is 1. The lowest BCUT2D eigenvalue weighted by molar-refractivity contribution is -0.129. The molecule has 0 heterocycles. The van der Waals surface area contributed by atoms with E-state index in [2.05, 4.69) is 18.3 Å². The molecule has 2 aromatic carbocycles. The van der Waals surface area contributed by atoms with Gasteiger partial charge in [0.2, 0.25) is 5.91 Å². The van der Waals surface area contributed by atoms with Crippen molar-refractivity contribution in [2.24, 2.45) is 23.2 Å². The van der Waals surface area contributed by atoms with E-state index in [9.17, 15) is 23.5 Å². The topological polar surface area (TPSA) is 66.4 Å². The van der Waals surface area contributed by atoms with Crippen molar-refractivity contribution in [1.29, 1.82) is 0 Å². The van der Waals surface area contributed by atoms with Gasteiger partial charge in [0.25, 0.3) is 0 Å². The van der Waals surface area contributed by atoms with E-state index in [0.717, 1.165) is 38.2 Å². The number of benzene rings is 2. The summed E-state index contributed by atoms with van der Waals surface area (Å²) in [5.41, 5.74) is 2.57. The highest BCUT2D eigenvalue weighted by Crippen LogP contribution is 2.62. The van der Waals surface area contributed by atoms with Crippen LogP contribution in [0.25, 0.3) is 0 Å². The second-order valence-electron chi connectivity index (χ2n) is 11.0. The first-order chi connectivity index (χ1) is 16.8. The lowest BCUT2D eigenvalue weighted by Crippen LogP contribution is -2.44. The molecule has 1 amide bonds. The molecule has 5 rings (SSSR count). The van der Waals surface area contributed by atoms with Crippen LogP contribution in [0.1, 0.15) is 74.5 Å². The molecule has 0 aromatic heterocycles. The molecule has 186 valence electrons. The fourth-order valence-corrected chi connectivity index (χ4v) is 7.37. The van der Waals surface area contributed by atoms with Gasteiger partial charge in [-0.25, -0.2) is 8.78 Å². The van der Waals surface area contributed by atoms with Crippen LogP contribution in [0.5, 0.6) is 5.75 Å². The molecule has 0 saturated heterocycles. The number of phenols is 1. The predicted octanol–water partition coefficient (Wildman–Crippen LogP) is 5.81. The summed E-state index contributed by atoms with van der Waals surface area (Å²) in [7, 11) is 0. The zero-order chi connectivity index (χ0) is 24.7. The molecule has 3 unspecified atom stereocenters. The molecule has 2 fully saturated rings. The maximum atomic E-state index is 13.8. The Hall–Kier alpha value is -2.76. The summed E-state index contributed by atoms with van der Waals surface area (Å²) >= 11 is 0. The summed E-state index contributed by atoms with van der Waals surface area (Å²) in [6.45, 7) is 2.19. The number of halogens is 2. The van der Waals surface area contributed by atoms with E-state index in [1.807, 2.05) is 6.07 Å². The van der Waals surface area contributed by atoms with E-state index < -0.39 is 11.6 Å². The molecule has 3 aliphatic rings. The van der Waals surface area contributed by atoms with Crippen molar-refractivity contribution in [2.75, 3.05) is 0 Å². The van der Waals surface area contributed by atoms with Crippen LogP contribution < -0.4 is 5.32 Å². The summed E-state index contributed by atoms with van der Waals surface area (Å²) in [6.07, 6.45) is 6.31. The quantitative estimate of drug-likeness (QED) is 0.547. The van der Waals surface area contributed by atoms with Crippen molar-refractivity contribution in [2.45, 2.75) is 70.8 Å². The Bertz CT molecular complexity index is 1150. The Morgan fingerprint density at radius 2 is 2.00 bits per heavy atom. The van der Waals surface area contributed by atoms with Gasteiger partial charge in [-0.05, 0) is 91.5 Å². The molecule has 2 N–H and O–H groups in total. The van der Waals surface area contributed by atoms with Gasteiger partial charge in [-0.3, -0.25) is 9.59 Å². The Labute approximate surface area is 205 Å². The van der Waals surface area contributed by atoms with Crippen LogP contribution in [0.15, 0.2) is 36.4 Å². The molecule has 4 nitrogen and oxygen atoms in total. The molecule has 6 heteroatoms. The molecule has 0 radical (unpaired) electrons. The highest BCUT2D eigenvalue weighted by Gasteiger charge is 2.58. The third kappa shape index (κ3) is 4.48. The molecule has 3 aliphatic carbocycles. The largest absolute Gasteiger partial charge is 0.508 e. The minimum absolute atomic E-state index is 0.0340. The zero-order valence-corrected chi connectivity index (χ0v) is 20.2. The molecule has 5 atom stereocenters. The number of phenolic OH excluding ortho intramolecular Hbond substituents is 1. The maximum Gasteiger partial charge on any atom is 0.220 e. The lowest BCUT2D eigenvalue weighted by atomic mass is 9.54. The lowest BCUT2D eigenvalue weighted by Gasteiger charge is -2.50. The smallest absolute Gasteiger partial charge is 0.220 e. The van der Waals surface area contributed by atoms with E-state index in [-0.39, 0.29) is 29.3 Å². The summed E-state index contributed by atoms with van der Waals surface area (Å²) in [4.78, 5) is 25.5. The Morgan fingerprint density at radius 1 is 1.17 bits per heavy atom. The maximum absolute atomic E-state index is 13.8. The molecule has 2 saturated carbocycles. The minimum atomic E-state index is -0.662. The normalized spacial score (nSPS) is 29.3. The number of hydrogen-bond donors (Lipinski definition) is 2. The van der Waals surface area contributed by atoms with Crippen molar-refractivity contribution >= 4 is 11.7 Å². The van der Waals surface area contributed by atoms with E-state index in [0.29, 0.717) is 48.5 Å². The molecule has 35 heavy (non-hydrogen) atoms. The minimum Gasteiger partial charge on any atom is -0.508 e. The van der Waals surface area contributed by atoms with Gasteiger partial charge >= 0.3 is 0 Å². The molecule has 0 aliphatic heterocycles. The number of amides is 1. The summed E-state index contributed by atoms with van der Waals surface area (Å²) in [5, 5.41) is 12.6. The van der Waals surface area contributed by atoms with Crippen molar-refractivity contribution in [1.82, 2.24) is 5.32 Å². The second kappa shape index (κ2) is 9.36. The Kier molecular flexibility index (Phi) is 6.41. The van der Waals surface area contributed by atoms with Crippen LogP contribution in [0, 0.1) is 34.8 Å². The van der Waals surface area contributed by atoms with E-state index in [1.54, 1.807) is 6.07 Å².